The van der Waals surface area contributed by atoms with Crippen LogP contribution < -0.4 is 4.74 Å². The van der Waals surface area contributed by atoms with Crippen LogP contribution in [0.5, 0.6) is 5.75 Å². The summed E-state index contributed by atoms with van der Waals surface area (Å²) in [7, 11) is 1.67. The molecule has 0 bridgehead atoms. The lowest BCUT2D eigenvalue weighted by Crippen LogP contribution is -2.46. The third-order valence-corrected chi connectivity index (χ3v) is 9.30. The first-order chi connectivity index (χ1) is 19.5. The number of likely N-dealkylation sites (tertiary alicyclic amines) is 3. The highest BCUT2D eigenvalue weighted by Gasteiger charge is 2.48. The van der Waals surface area contributed by atoms with Crippen LogP contribution in [-0.4, -0.2) is 77.9 Å². The summed E-state index contributed by atoms with van der Waals surface area (Å²) >= 11 is 0. The van der Waals surface area contributed by atoms with E-state index in [9.17, 15) is 9.59 Å². The molecule has 9 heteroatoms. The fourth-order valence-electron chi connectivity index (χ4n) is 6.93. The predicted octanol–water partition coefficient (Wildman–Crippen LogP) is 5.30. The number of carbonyl (C=O) groups excluding carboxylic acids is 2. The summed E-state index contributed by atoms with van der Waals surface area (Å²) in [5.74, 6) is 1.86. The topological polar surface area (TPSA) is 66.0 Å². The van der Waals surface area contributed by atoms with E-state index in [0.717, 1.165) is 69.8 Å². The van der Waals surface area contributed by atoms with Gasteiger partial charge in [0.25, 0.3) is 5.91 Å². The zero-order valence-corrected chi connectivity index (χ0v) is 25.7. The number of pyridine rings is 1. The van der Waals surface area contributed by atoms with Crippen LogP contribution in [0.2, 0.25) is 0 Å². The second-order valence-corrected chi connectivity index (χ2v) is 11.6. The van der Waals surface area contributed by atoms with Gasteiger partial charge in [0, 0.05) is 51.0 Å². The molecular weight excluding hydrogens is 571 g/mol. The van der Waals surface area contributed by atoms with Crippen molar-refractivity contribution in [1.29, 1.82) is 0 Å². The summed E-state index contributed by atoms with van der Waals surface area (Å²) in [5, 5.41) is 0. The Hall–Kier alpha value is -3.13. The smallest absolute Gasteiger partial charge is 0.255 e. The minimum Gasteiger partial charge on any atom is -0.497 e. The number of amides is 2. The SMILES string of the molecule is COc1ccc(CN2CCC3(CCN(C[C@H]4CN(C(=O)c5cccnc5)C[C@@H]4c4ccccc4)CC3)C2=O)cc1.Cl.Cl. The van der Waals surface area contributed by atoms with E-state index in [1.165, 1.54) is 5.56 Å². The van der Waals surface area contributed by atoms with Crippen molar-refractivity contribution in [3.05, 3.63) is 95.8 Å². The Bertz CT molecular complexity index is 1320. The second kappa shape index (κ2) is 13.9. The maximum atomic E-state index is 13.6. The maximum Gasteiger partial charge on any atom is 0.255 e. The van der Waals surface area contributed by atoms with E-state index in [4.69, 9.17) is 4.74 Å². The standard InChI is InChI=1S/C33H38N4O3.2ClH/c1-40-29-11-9-25(10-12-29)21-36-19-15-33(32(36)39)13-17-35(18-14-33)22-28-23-37(31(38)27-8-5-16-34-20-27)24-30(28)26-6-3-2-4-7-26;;/h2-12,16,20,28,30H,13-15,17-19,21-24H2,1H3;2*1H/t28-,30+;;/m0../s1. The molecule has 0 unspecified atom stereocenters. The fraction of sp³-hybridized carbons (Fsp3) is 0.424. The number of halogens is 2. The molecule has 3 fully saturated rings. The number of carbonyl (C=O) groups is 2. The molecule has 2 aromatic carbocycles. The number of benzene rings is 2. The molecule has 4 heterocycles. The van der Waals surface area contributed by atoms with Gasteiger partial charge in [0.15, 0.2) is 0 Å². The van der Waals surface area contributed by atoms with Gasteiger partial charge in [-0.05, 0) is 73.7 Å². The molecule has 1 spiro atoms. The lowest BCUT2D eigenvalue weighted by Gasteiger charge is -2.39. The van der Waals surface area contributed by atoms with E-state index in [-0.39, 0.29) is 36.1 Å². The Morgan fingerprint density at radius 3 is 2.31 bits per heavy atom. The van der Waals surface area contributed by atoms with Crippen LogP contribution in [0, 0.1) is 11.3 Å². The van der Waals surface area contributed by atoms with E-state index < -0.39 is 0 Å². The summed E-state index contributed by atoms with van der Waals surface area (Å²) in [6.45, 7) is 5.75. The second-order valence-electron chi connectivity index (χ2n) is 11.6. The van der Waals surface area contributed by atoms with Crippen molar-refractivity contribution in [1.82, 2.24) is 19.7 Å². The minimum absolute atomic E-state index is 0. The number of aromatic nitrogens is 1. The van der Waals surface area contributed by atoms with Crippen LogP contribution in [0.15, 0.2) is 79.1 Å². The summed E-state index contributed by atoms with van der Waals surface area (Å²) in [5.41, 5.74) is 2.86. The van der Waals surface area contributed by atoms with Gasteiger partial charge in [-0.25, -0.2) is 0 Å². The molecule has 3 aliphatic rings. The minimum atomic E-state index is -0.222. The third-order valence-electron chi connectivity index (χ3n) is 9.30. The number of methoxy groups -OCH3 is 1. The lowest BCUT2D eigenvalue weighted by atomic mass is 9.76. The van der Waals surface area contributed by atoms with Crippen LogP contribution >= 0.6 is 24.8 Å². The first-order valence-corrected chi connectivity index (χ1v) is 14.4. The van der Waals surface area contributed by atoms with E-state index >= 15 is 0 Å². The lowest BCUT2D eigenvalue weighted by molar-refractivity contribution is -0.139. The molecule has 1 aromatic heterocycles. The zero-order valence-electron chi connectivity index (χ0n) is 24.1. The molecule has 3 saturated heterocycles. The molecule has 3 aliphatic heterocycles. The first-order valence-electron chi connectivity index (χ1n) is 14.4. The molecule has 2 atom stereocenters. The van der Waals surface area contributed by atoms with Gasteiger partial charge < -0.3 is 19.4 Å². The quantitative estimate of drug-likeness (QED) is 0.363. The molecule has 42 heavy (non-hydrogen) atoms. The largest absolute Gasteiger partial charge is 0.497 e. The molecule has 0 saturated carbocycles. The van der Waals surface area contributed by atoms with Crippen molar-refractivity contribution in [2.75, 3.05) is 46.4 Å². The van der Waals surface area contributed by atoms with Crippen molar-refractivity contribution in [2.45, 2.75) is 31.7 Å². The average molecular weight is 612 g/mol. The zero-order chi connectivity index (χ0) is 27.5. The van der Waals surface area contributed by atoms with Crippen molar-refractivity contribution >= 4 is 36.6 Å². The van der Waals surface area contributed by atoms with E-state index in [0.29, 0.717) is 29.9 Å². The summed E-state index contributed by atoms with van der Waals surface area (Å²) in [6, 6.07) is 22.3. The van der Waals surface area contributed by atoms with E-state index in [2.05, 4.69) is 34.1 Å². The predicted molar refractivity (Wildman–Crippen MR) is 168 cm³/mol. The highest BCUT2D eigenvalue weighted by Crippen LogP contribution is 2.43. The molecule has 7 nitrogen and oxygen atoms in total. The number of hydrogen-bond acceptors (Lipinski definition) is 5. The normalized spacial score (nSPS) is 21.6. The number of hydrogen-bond donors (Lipinski definition) is 0. The fourth-order valence-corrected chi connectivity index (χ4v) is 6.93. The molecule has 3 aromatic rings. The first kappa shape index (κ1) is 31.8. The molecule has 6 rings (SSSR count). The maximum absolute atomic E-state index is 13.6. The van der Waals surface area contributed by atoms with E-state index in [1.54, 1.807) is 19.5 Å². The van der Waals surface area contributed by atoms with Gasteiger partial charge in [-0.2, -0.15) is 0 Å². The van der Waals surface area contributed by atoms with Gasteiger partial charge in [0.05, 0.1) is 18.1 Å². The third kappa shape index (κ3) is 6.59. The van der Waals surface area contributed by atoms with Crippen LogP contribution in [0.25, 0.3) is 0 Å². The van der Waals surface area contributed by atoms with Crippen LogP contribution in [0.3, 0.4) is 0 Å². The van der Waals surface area contributed by atoms with Gasteiger partial charge >= 0.3 is 0 Å². The van der Waals surface area contributed by atoms with Crippen molar-refractivity contribution < 1.29 is 14.3 Å². The number of rotatable bonds is 7. The van der Waals surface area contributed by atoms with Crippen LogP contribution in [0.1, 0.15) is 46.7 Å². The number of ether oxygens (including phenoxy) is 1. The molecule has 2 amide bonds. The summed E-state index contributed by atoms with van der Waals surface area (Å²) in [6.07, 6.45) is 6.12. The summed E-state index contributed by atoms with van der Waals surface area (Å²) < 4.78 is 5.27. The van der Waals surface area contributed by atoms with Gasteiger partial charge in [0.2, 0.25) is 5.91 Å². The van der Waals surface area contributed by atoms with Crippen LogP contribution in [0.4, 0.5) is 0 Å². The van der Waals surface area contributed by atoms with Crippen molar-refractivity contribution in [3.63, 3.8) is 0 Å². The molecule has 0 N–H and O–H groups in total. The molecule has 0 aliphatic carbocycles. The Labute approximate surface area is 261 Å². The molecule has 0 radical (unpaired) electrons. The van der Waals surface area contributed by atoms with Gasteiger partial charge in [0.1, 0.15) is 5.75 Å². The highest BCUT2D eigenvalue weighted by molar-refractivity contribution is 5.94. The van der Waals surface area contributed by atoms with Gasteiger partial charge in [-0.1, -0.05) is 42.5 Å². The number of piperidine rings is 1. The Kier molecular flexibility index (Phi) is 10.5. The highest BCUT2D eigenvalue weighted by atomic mass is 35.5. The van der Waals surface area contributed by atoms with Crippen molar-refractivity contribution in [2.24, 2.45) is 11.3 Å². The van der Waals surface area contributed by atoms with Gasteiger partial charge in [-0.3, -0.25) is 14.6 Å². The number of nitrogens with zero attached hydrogens (tertiary/aromatic N) is 4. The van der Waals surface area contributed by atoms with Crippen LogP contribution in [-0.2, 0) is 11.3 Å². The Morgan fingerprint density at radius 1 is 0.929 bits per heavy atom. The molecule has 224 valence electrons. The van der Waals surface area contributed by atoms with E-state index in [1.807, 2.05) is 52.3 Å². The van der Waals surface area contributed by atoms with Crippen molar-refractivity contribution in [3.8, 4) is 5.75 Å². The Balaban J connectivity index is 0.00000202. The Morgan fingerprint density at radius 2 is 1.64 bits per heavy atom. The molecular formula is C33H40Cl2N4O3. The monoisotopic (exact) mass is 610 g/mol. The average Bonchev–Trinajstić information content (AvgIpc) is 3.56. The summed E-state index contributed by atoms with van der Waals surface area (Å²) in [4.78, 5) is 37.6. The van der Waals surface area contributed by atoms with Gasteiger partial charge in [-0.15, -0.1) is 24.8 Å².